The predicted molar refractivity (Wildman–Crippen MR) is 93.1 cm³/mol. The van der Waals surface area contributed by atoms with E-state index in [1.54, 1.807) is 6.26 Å². The van der Waals surface area contributed by atoms with Crippen molar-refractivity contribution in [1.29, 1.82) is 0 Å². The average Bonchev–Trinajstić information content (AvgIpc) is 3.03. The SMILES string of the molecule is Br.NC(=NCc1ccccc1)NCCCOCc1ccco1. The molecule has 0 saturated heterocycles. The van der Waals surface area contributed by atoms with Crippen molar-refractivity contribution in [2.45, 2.75) is 19.6 Å². The van der Waals surface area contributed by atoms with Gasteiger partial charge in [-0.25, -0.2) is 4.99 Å². The van der Waals surface area contributed by atoms with Crippen molar-refractivity contribution < 1.29 is 9.15 Å². The number of halogens is 1. The maximum absolute atomic E-state index is 5.80. The highest BCUT2D eigenvalue weighted by Gasteiger charge is 1.96. The second-order valence-corrected chi connectivity index (χ2v) is 4.60. The molecule has 0 fully saturated rings. The van der Waals surface area contributed by atoms with E-state index in [0.717, 1.165) is 24.3 Å². The standard InChI is InChI=1S/C16H21N3O2.BrH/c17-16(19-12-14-6-2-1-3-7-14)18-9-5-10-20-13-15-8-4-11-21-15;/h1-4,6-8,11H,5,9-10,12-13H2,(H3,17,18,19);1H. The molecule has 0 atom stereocenters. The lowest BCUT2D eigenvalue weighted by molar-refractivity contribution is 0.105. The van der Waals surface area contributed by atoms with Crippen LogP contribution >= 0.6 is 17.0 Å². The van der Waals surface area contributed by atoms with Crippen LogP contribution < -0.4 is 11.1 Å². The molecule has 1 aromatic carbocycles. The number of guanidine groups is 1. The zero-order valence-electron chi connectivity index (χ0n) is 12.4. The first-order chi connectivity index (χ1) is 10.3. The Labute approximate surface area is 141 Å². The molecule has 0 amide bonds. The van der Waals surface area contributed by atoms with Crippen LogP contribution in [0.15, 0.2) is 58.1 Å². The summed E-state index contributed by atoms with van der Waals surface area (Å²) in [5.74, 6) is 1.30. The van der Waals surface area contributed by atoms with Crippen molar-refractivity contribution in [3.63, 3.8) is 0 Å². The lowest BCUT2D eigenvalue weighted by Gasteiger charge is -2.06. The fraction of sp³-hybridized carbons (Fsp3) is 0.312. The van der Waals surface area contributed by atoms with Crippen LogP contribution in [-0.4, -0.2) is 19.1 Å². The van der Waals surface area contributed by atoms with E-state index in [1.807, 2.05) is 42.5 Å². The number of hydrogen-bond acceptors (Lipinski definition) is 3. The van der Waals surface area contributed by atoms with Crippen LogP contribution in [0.4, 0.5) is 0 Å². The van der Waals surface area contributed by atoms with Crippen molar-refractivity contribution in [1.82, 2.24) is 5.32 Å². The van der Waals surface area contributed by atoms with Crippen molar-refractivity contribution in [3.8, 4) is 0 Å². The van der Waals surface area contributed by atoms with E-state index in [1.165, 1.54) is 0 Å². The van der Waals surface area contributed by atoms with Gasteiger partial charge in [-0.15, -0.1) is 17.0 Å². The van der Waals surface area contributed by atoms with Gasteiger partial charge in [0.2, 0.25) is 0 Å². The predicted octanol–water partition coefficient (Wildman–Crippen LogP) is 2.87. The number of hydrogen-bond donors (Lipinski definition) is 2. The molecular weight excluding hydrogens is 346 g/mol. The van der Waals surface area contributed by atoms with Gasteiger partial charge in [-0.2, -0.15) is 0 Å². The molecule has 5 nitrogen and oxygen atoms in total. The minimum Gasteiger partial charge on any atom is -0.467 e. The summed E-state index contributed by atoms with van der Waals surface area (Å²) >= 11 is 0. The van der Waals surface area contributed by atoms with Crippen molar-refractivity contribution in [2.24, 2.45) is 10.7 Å². The molecule has 0 bridgehead atoms. The molecule has 0 aliphatic heterocycles. The molecule has 0 spiro atoms. The van der Waals surface area contributed by atoms with E-state index >= 15 is 0 Å². The van der Waals surface area contributed by atoms with Gasteiger partial charge in [-0.3, -0.25) is 0 Å². The molecular formula is C16H22BrN3O2. The lowest BCUT2D eigenvalue weighted by atomic mass is 10.2. The van der Waals surface area contributed by atoms with Gasteiger partial charge in [0.1, 0.15) is 12.4 Å². The molecule has 2 rings (SSSR count). The number of aliphatic imine (C=N–C) groups is 1. The van der Waals surface area contributed by atoms with Gasteiger partial charge in [0.25, 0.3) is 0 Å². The molecule has 6 heteroatoms. The minimum absolute atomic E-state index is 0. The van der Waals surface area contributed by atoms with Crippen molar-refractivity contribution in [3.05, 3.63) is 60.1 Å². The Kier molecular flexibility index (Phi) is 9.02. The third-order valence-electron chi connectivity index (χ3n) is 2.87. The Hall–Kier alpha value is -1.79. The van der Waals surface area contributed by atoms with Gasteiger partial charge < -0.3 is 20.2 Å². The first kappa shape index (κ1) is 18.3. The van der Waals surface area contributed by atoms with Crippen LogP contribution in [0.5, 0.6) is 0 Å². The number of benzene rings is 1. The number of rotatable bonds is 8. The van der Waals surface area contributed by atoms with E-state index in [2.05, 4.69) is 10.3 Å². The summed E-state index contributed by atoms with van der Waals surface area (Å²) in [7, 11) is 0. The maximum atomic E-state index is 5.80. The summed E-state index contributed by atoms with van der Waals surface area (Å²) in [5.41, 5.74) is 6.94. The monoisotopic (exact) mass is 367 g/mol. The molecule has 1 heterocycles. The molecule has 22 heavy (non-hydrogen) atoms. The van der Waals surface area contributed by atoms with Crippen LogP contribution in [-0.2, 0) is 17.9 Å². The first-order valence-electron chi connectivity index (χ1n) is 7.02. The van der Waals surface area contributed by atoms with Gasteiger partial charge in [0, 0.05) is 13.2 Å². The zero-order valence-corrected chi connectivity index (χ0v) is 14.1. The average molecular weight is 368 g/mol. The molecule has 2 aromatic rings. The molecule has 0 unspecified atom stereocenters. The van der Waals surface area contributed by atoms with E-state index in [4.69, 9.17) is 14.9 Å². The molecule has 0 aliphatic rings. The fourth-order valence-corrected chi connectivity index (χ4v) is 1.77. The summed E-state index contributed by atoms with van der Waals surface area (Å²) in [5, 5.41) is 3.07. The maximum Gasteiger partial charge on any atom is 0.188 e. The Morgan fingerprint density at radius 1 is 1.18 bits per heavy atom. The van der Waals surface area contributed by atoms with Crippen molar-refractivity contribution in [2.75, 3.05) is 13.2 Å². The molecule has 120 valence electrons. The smallest absolute Gasteiger partial charge is 0.188 e. The molecule has 3 N–H and O–H groups in total. The third kappa shape index (κ3) is 7.28. The normalized spacial score (nSPS) is 11.0. The molecule has 1 aromatic heterocycles. The second kappa shape index (κ2) is 10.9. The molecule has 0 radical (unpaired) electrons. The summed E-state index contributed by atoms with van der Waals surface area (Å²) in [6, 6.07) is 13.8. The van der Waals surface area contributed by atoms with E-state index in [-0.39, 0.29) is 17.0 Å². The Morgan fingerprint density at radius 3 is 2.73 bits per heavy atom. The highest BCUT2D eigenvalue weighted by molar-refractivity contribution is 8.93. The number of nitrogens with zero attached hydrogens (tertiary/aromatic N) is 1. The fourth-order valence-electron chi connectivity index (χ4n) is 1.77. The van der Waals surface area contributed by atoms with Crippen LogP contribution in [0.1, 0.15) is 17.7 Å². The molecule has 0 saturated carbocycles. The van der Waals surface area contributed by atoms with Gasteiger partial charge >= 0.3 is 0 Å². The van der Waals surface area contributed by atoms with Gasteiger partial charge in [0.15, 0.2) is 5.96 Å². The minimum atomic E-state index is 0. The third-order valence-corrected chi connectivity index (χ3v) is 2.87. The van der Waals surface area contributed by atoms with E-state index in [9.17, 15) is 0 Å². The van der Waals surface area contributed by atoms with Crippen LogP contribution in [0.25, 0.3) is 0 Å². The van der Waals surface area contributed by atoms with E-state index in [0.29, 0.717) is 25.7 Å². The summed E-state index contributed by atoms with van der Waals surface area (Å²) < 4.78 is 10.6. The largest absolute Gasteiger partial charge is 0.467 e. The summed E-state index contributed by atoms with van der Waals surface area (Å²) in [6.07, 6.45) is 2.51. The number of nitrogens with two attached hydrogens (primary N) is 1. The number of nitrogens with one attached hydrogen (secondary N) is 1. The van der Waals surface area contributed by atoms with Crippen molar-refractivity contribution >= 4 is 22.9 Å². The highest BCUT2D eigenvalue weighted by Crippen LogP contribution is 2.02. The summed E-state index contributed by atoms with van der Waals surface area (Å²) in [4.78, 5) is 4.28. The van der Waals surface area contributed by atoms with Gasteiger partial charge in [-0.1, -0.05) is 30.3 Å². The van der Waals surface area contributed by atoms with E-state index < -0.39 is 0 Å². The van der Waals surface area contributed by atoms with Crippen LogP contribution in [0.2, 0.25) is 0 Å². The Balaban J connectivity index is 0.00000242. The van der Waals surface area contributed by atoms with Gasteiger partial charge in [0.05, 0.1) is 12.8 Å². The lowest BCUT2D eigenvalue weighted by Crippen LogP contribution is -2.32. The first-order valence-corrected chi connectivity index (χ1v) is 7.02. The van der Waals surface area contributed by atoms with Gasteiger partial charge in [-0.05, 0) is 24.1 Å². The Bertz CT molecular complexity index is 530. The molecule has 0 aliphatic carbocycles. The topological polar surface area (TPSA) is 72.8 Å². The highest BCUT2D eigenvalue weighted by atomic mass is 79.9. The Morgan fingerprint density at radius 2 is 2.00 bits per heavy atom. The van der Waals surface area contributed by atoms with Crippen LogP contribution in [0.3, 0.4) is 0 Å². The second-order valence-electron chi connectivity index (χ2n) is 4.60. The van der Waals surface area contributed by atoms with Crippen LogP contribution in [0, 0.1) is 0 Å². The number of ether oxygens (including phenoxy) is 1. The quantitative estimate of drug-likeness (QED) is 0.427. The zero-order chi connectivity index (χ0) is 14.8. The number of furan rings is 1. The summed E-state index contributed by atoms with van der Waals surface area (Å²) in [6.45, 7) is 2.49.